The molecule has 1 heterocycles. The van der Waals surface area contributed by atoms with Gasteiger partial charge in [-0.2, -0.15) is 18.5 Å². The summed E-state index contributed by atoms with van der Waals surface area (Å²) in [5.41, 5.74) is 0. The summed E-state index contributed by atoms with van der Waals surface area (Å²) in [4.78, 5) is 10.7. The minimum absolute atomic E-state index is 0.0268. The predicted molar refractivity (Wildman–Crippen MR) is 32.8 cm³/mol. The van der Waals surface area contributed by atoms with Gasteiger partial charge < -0.3 is 0 Å². The molecule has 0 aromatic rings. The van der Waals surface area contributed by atoms with E-state index in [2.05, 4.69) is 14.7 Å². The van der Waals surface area contributed by atoms with Crippen LogP contribution in [-0.4, -0.2) is 32.5 Å². The summed E-state index contributed by atoms with van der Waals surface area (Å²) >= 11 is 0. The number of nitrogens with zero attached hydrogens (tertiary/aromatic N) is 4. The maximum Gasteiger partial charge on any atom is 0.313 e. The molecule has 0 fully saturated rings. The van der Waals surface area contributed by atoms with Gasteiger partial charge in [-0.3, -0.25) is 4.79 Å². The van der Waals surface area contributed by atoms with Gasteiger partial charge in [0, 0.05) is 0 Å². The molecule has 60 valence electrons. The predicted octanol–water partition coefficient (Wildman–Crippen LogP) is -0.784. The molecule has 1 rings (SSSR count). The van der Waals surface area contributed by atoms with Crippen LogP contribution in [0.3, 0.4) is 0 Å². The van der Waals surface area contributed by atoms with Gasteiger partial charge in [-0.15, -0.1) is 4.36 Å². The van der Waals surface area contributed by atoms with Crippen LogP contribution in [0.5, 0.6) is 0 Å². The van der Waals surface area contributed by atoms with Crippen molar-refractivity contribution in [2.75, 3.05) is 13.2 Å². The van der Waals surface area contributed by atoms with Crippen LogP contribution in [0, 0.1) is 0 Å². The Hall–Kier alpha value is -1.31. The largest absolute Gasteiger partial charge is 0.313 e. The molecule has 1 aliphatic heterocycles. The van der Waals surface area contributed by atoms with E-state index in [1.54, 1.807) is 0 Å². The Morgan fingerprint density at radius 3 is 2.82 bits per heavy atom. The van der Waals surface area contributed by atoms with E-state index in [1.807, 2.05) is 0 Å². The third kappa shape index (κ3) is 2.08. The van der Waals surface area contributed by atoms with E-state index in [0.717, 1.165) is 5.01 Å². The monoisotopic (exact) mass is 176 g/mol. The van der Waals surface area contributed by atoms with Gasteiger partial charge >= 0.3 is 10.5 Å². The first-order valence-electron chi connectivity index (χ1n) is 2.65. The molecule has 8 heteroatoms. The highest BCUT2D eigenvalue weighted by molar-refractivity contribution is 7.61. The SMILES string of the molecule is O=C1CN=NN1CN=S(=O)=O. The second-order valence-corrected chi connectivity index (χ2v) is 2.36. The molecule has 1 amide bonds. The second-order valence-electron chi connectivity index (χ2n) is 1.67. The molecule has 0 saturated carbocycles. The quantitative estimate of drug-likeness (QED) is 0.552. The maximum absolute atomic E-state index is 10.7. The van der Waals surface area contributed by atoms with Crippen molar-refractivity contribution in [1.82, 2.24) is 5.01 Å². The number of amides is 1. The number of carbonyl (C=O) groups excluding carboxylic acids is 1. The Morgan fingerprint density at radius 1 is 1.64 bits per heavy atom. The fraction of sp³-hybridized carbons (Fsp3) is 0.667. The Bertz CT molecular complexity index is 309. The van der Waals surface area contributed by atoms with Crippen LogP contribution in [-0.2, 0) is 15.3 Å². The van der Waals surface area contributed by atoms with Gasteiger partial charge in [0.15, 0.2) is 6.67 Å². The van der Waals surface area contributed by atoms with Crippen LogP contribution >= 0.6 is 0 Å². The van der Waals surface area contributed by atoms with Gasteiger partial charge in [-0.05, 0) is 0 Å². The van der Waals surface area contributed by atoms with Crippen molar-refractivity contribution in [2.24, 2.45) is 14.7 Å². The van der Waals surface area contributed by atoms with Crippen molar-refractivity contribution in [3.63, 3.8) is 0 Å². The van der Waals surface area contributed by atoms with Crippen LogP contribution in [0.2, 0.25) is 0 Å². The Balaban J connectivity index is 2.57. The molecule has 11 heavy (non-hydrogen) atoms. The van der Waals surface area contributed by atoms with E-state index in [4.69, 9.17) is 0 Å². The first-order chi connectivity index (χ1) is 5.20. The van der Waals surface area contributed by atoms with Crippen molar-refractivity contribution in [2.45, 2.75) is 0 Å². The highest BCUT2D eigenvalue weighted by atomic mass is 32.2. The third-order valence-corrected chi connectivity index (χ3v) is 1.29. The topological polar surface area (TPSA) is 91.5 Å². The molecule has 7 nitrogen and oxygen atoms in total. The molecule has 0 aromatic carbocycles. The Labute approximate surface area is 63.4 Å². The number of carbonyl (C=O) groups is 1. The van der Waals surface area contributed by atoms with Crippen LogP contribution in [0.1, 0.15) is 0 Å². The lowest BCUT2D eigenvalue weighted by Crippen LogP contribution is -2.22. The highest BCUT2D eigenvalue weighted by Gasteiger charge is 2.16. The molecular formula is C3H4N4O3S. The molecule has 0 bridgehead atoms. The molecule has 0 radical (unpaired) electrons. The second kappa shape index (κ2) is 3.19. The minimum Gasteiger partial charge on any atom is -0.271 e. The van der Waals surface area contributed by atoms with E-state index < -0.39 is 10.5 Å². The molecule has 0 atom stereocenters. The van der Waals surface area contributed by atoms with Gasteiger partial charge in [0.1, 0.15) is 6.54 Å². The van der Waals surface area contributed by atoms with Crippen molar-refractivity contribution < 1.29 is 13.2 Å². The van der Waals surface area contributed by atoms with Crippen LogP contribution in [0.15, 0.2) is 14.7 Å². The van der Waals surface area contributed by atoms with E-state index >= 15 is 0 Å². The first-order valence-corrected chi connectivity index (χ1v) is 3.68. The average Bonchev–Trinajstić information content (AvgIpc) is 2.31. The minimum atomic E-state index is -2.50. The lowest BCUT2D eigenvalue weighted by Gasteiger charge is -2.01. The van der Waals surface area contributed by atoms with E-state index in [9.17, 15) is 13.2 Å². The van der Waals surface area contributed by atoms with Gasteiger partial charge in [0.05, 0.1) is 0 Å². The smallest absolute Gasteiger partial charge is 0.271 e. The van der Waals surface area contributed by atoms with Gasteiger partial charge in [-0.1, -0.05) is 5.22 Å². The summed E-state index contributed by atoms with van der Waals surface area (Å²) in [6.45, 7) is -0.306. The van der Waals surface area contributed by atoms with Crippen molar-refractivity contribution in [3.8, 4) is 0 Å². The third-order valence-electron chi connectivity index (χ3n) is 0.962. The van der Waals surface area contributed by atoms with Crippen LogP contribution < -0.4 is 0 Å². The first kappa shape index (κ1) is 7.79. The number of rotatable bonds is 2. The zero-order valence-electron chi connectivity index (χ0n) is 5.34. The van der Waals surface area contributed by atoms with E-state index in [-0.39, 0.29) is 19.1 Å². The molecular weight excluding hydrogens is 172 g/mol. The molecule has 0 aliphatic carbocycles. The van der Waals surface area contributed by atoms with Gasteiger partial charge in [-0.25, -0.2) is 0 Å². The average molecular weight is 176 g/mol. The fourth-order valence-electron chi connectivity index (χ4n) is 0.509. The van der Waals surface area contributed by atoms with Crippen molar-refractivity contribution in [1.29, 1.82) is 0 Å². The van der Waals surface area contributed by atoms with E-state index in [1.165, 1.54) is 0 Å². The molecule has 0 spiro atoms. The van der Waals surface area contributed by atoms with Crippen molar-refractivity contribution >= 4 is 16.4 Å². The zero-order chi connectivity index (χ0) is 8.27. The summed E-state index contributed by atoms with van der Waals surface area (Å²) in [7, 11) is -2.50. The van der Waals surface area contributed by atoms with Gasteiger partial charge in [0.2, 0.25) is 0 Å². The van der Waals surface area contributed by atoms with Crippen molar-refractivity contribution in [3.05, 3.63) is 0 Å². The Morgan fingerprint density at radius 2 is 2.36 bits per heavy atom. The number of hydrogen-bond donors (Lipinski definition) is 0. The molecule has 0 N–H and O–H groups in total. The lowest BCUT2D eigenvalue weighted by molar-refractivity contribution is -0.127. The highest BCUT2D eigenvalue weighted by Crippen LogP contribution is 2.00. The maximum atomic E-state index is 10.7. The summed E-state index contributed by atoms with van der Waals surface area (Å²) in [5.74, 6) is -0.348. The van der Waals surface area contributed by atoms with Crippen LogP contribution in [0.25, 0.3) is 0 Å². The van der Waals surface area contributed by atoms with E-state index in [0.29, 0.717) is 0 Å². The Kier molecular flexibility index (Phi) is 2.26. The lowest BCUT2D eigenvalue weighted by atomic mass is 10.6. The summed E-state index contributed by atoms with van der Waals surface area (Å²) < 4.78 is 22.8. The molecule has 0 unspecified atom stereocenters. The number of hydrogen-bond acceptors (Lipinski definition) is 6. The van der Waals surface area contributed by atoms with Gasteiger partial charge in [0.25, 0.3) is 5.91 Å². The summed E-state index contributed by atoms with van der Waals surface area (Å²) in [6, 6.07) is 0. The standard InChI is InChI=1S/C3H4N4O3S/c8-3-1-4-6-7(3)2-5-11(9)10/h1-2H2. The molecule has 0 aromatic heterocycles. The normalized spacial score (nSPS) is 15.6. The molecule has 1 aliphatic rings. The fourth-order valence-corrected chi connectivity index (χ4v) is 0.713. The molecule has 0 saturated heterocycles. The van der Waals surface area contributed by atoms with Crippen LogP contribution in [0.4, 0.5) is 0 Å². The zero-order valence-corrected chi connectivity index (χ0v) is 6.15. The summed E-state index contributed by atoms with van der Waals surface area (Å²) in [6.07, 6.45) is 0. The summed E-state index contributed by atoms with van der Waals surface area (Å²) in [5, 5.41) is 7.58.